The van der Waals surface area contributed by atoms with Crippen LogP contribution in [0.25, 0.3) is 0 Å². The number of rotatable bonds is 4. The molecule has 1 fully saturated rings. The summed E-state index contributed by atoms with van der Waals surface area (Å²) < 4.78 is 5.26. The van der Waals surface area contributed by atoms with Crippen LogP contribution in [-0.2, 0) is 9.59 Å². The summed E-state index contributed by atoms with van der Waals surface area (Å²) in [5, 5.41) is 8.97. The van der Waals surface area contributed by atoms with Gasteiger partial charge in [0, 0.05) is 12.7 Å². The van der Waals surface area contributed by atoms with Gasteiger partial charge in [0.05, 0.1) is 6.20 Å². The lowest BCUT2D eigenvalue weighted by Gasteiger charge is -2.21. The second kappa shape index (κ2) is 5.48. The Kier molecular flexibility index (Phi) is 3.76. The highest BCUT2D eigenvalue weighted by Gasteiger charge is 2.33. The molecule has 0 radical (unpaired) electrons. The van der Waals surface area contributed by atoms with Gasteiger partial charge in [0.1, 0.15) is 11.8 Å². The molecule has 1 saturated heterocycles. The van der Waals surface area contributed by atoms with Crippen molar-refractivity contribution in [2.24, 2.45) is 0 Å². The van der Waals surface area contributed by atoms with Crippen molar-refractivity contribution in [1.82, 2.24) is 9.88 Å². The Morgan fingerprint density at radius 2 is 2.39 bits per heavy atom. The molecule has 6 heteroatoms. The smallest absolute Gasteiger partial charge is 0.326 e. The molecule has 0 aliphatic carbocycles. The van der Waals surface area contributed by atoms with Crippen molar-refractivity contribution >= 4 is 11.9 Å². The van der Waals surface area contributed by atoms with Crippen molar-refractivity contribution in [3.8, 4) is 5.75 Å². The Labute approximate surface area is 104 Å². The van der Waals surface area contributed by atoms with Gasteiger partial charge in [-0.15, -0.1) is 0 Å². The highest BCUT2D eigenvalue weighted by atomic mass is 16.5. The standard InChI is InChI=1S/C12H14N2O4/c15-11(8-18-9-3-1-5-13-7-9)14-6-2-4-10(14)12(16)17/h1,3,5,7,10H,2,4,6,8H2,(H,16,17). The van der Waals surface area contributed by atoms with Gasteiger partial charge in [-0.3, -0.25) is 9.78 Å². The Hall–Kier alpha value is -2.11. The quantitative estimate of drug-likeness (QED) is 0.843. The summed E-state index contributed by atoms with van der Waals surface area (Å²) in [5.74, 6) is -0.761. The van der Waals surface area contributed by atoms with Crippen LogP contribution in [0.4, 0.5) is 0 Å². The van der Waals surface area contributed by atoms with E-state index in [9.17, 15) is 9.59 Å². The molecule has 18 heavy (non-hydrogen) atoms. The maximum absolute atomic E-state index is 11.9. The van der Waals surface area contributed by atoms with Gasteiger partial charge in [-0.05, 0) is 25.0 Å². The minimum atomic E-state index is -0.956. The number of carboxylic acids is 1. The topological polar surface area (TPSA) is 79.7 Å². The van der Waals surface area contributed by atoms with Crippen LogP contribution in [0.5, 0.6) is 5.75 Å². The van der Waals surface area contributed by atoms with Crippen molar-refractivity contribution in [3.63, 3.8) is 0 Å². The minimum absolute atomic E-state index is 0.157. The fraction of sp³-hybridized carbons (Fsp3) is 0.417. The number of carbonyl (C=O) groups excluding carboxylic acids is 1. The van der Waals surface area contributed by atoms with Crippen molar-refractivity contribution in [2.45, 2.75) is 18.9 Å². The normalized spacial score (nSPS) is 18.7. The summed E-state index contributed by atoms with van der Waals surface area (Å²) in [7, 11) is 0. The van der Waals surface area contributed by atoms with E-state index >= 15 is 0 Å². The van der Waals surface area contributed by atoms with E-state index in [-0.39, 0.29) is 12.5 Å². The van der Waals surface area contributed by atoms with Crippen LogP contribution in [0.15, 0.2) is 24.5 Å². The average Bonchev–Trinajstić information content (AvgIpc) is 2.86. The van der Waals surface area contributed by atoms with E-state index in [0.29, 0.717) is 18.7 Å². The van der Waals surface area contributed by atoms with Gasteiger partial charge < -0.3 is 14.7 Å². The van der Waals surface area contributed by atoms with E-state index in [1.807, 2.05) is 0 Å². The number of carboxylic acid groups (broad SMARTS) is 1. The fourth-order valence-electron chi connectivity index (χ4n) is 1.98. The number of amides is 1. The number of ether oxygens (including phenoxy) is 1. The van der Waals surface area contributed by atoms with Gasteiger partial charge in [0.2, 0.25) is 0 Å². The average molecular weight is 250 g/mol. The molecule has 2 heterocycles. The molecule has 0 saturated carbocycles. The Morgan fingerprint density at radius 1 is 1.56 bits per heavy atom. The minimum Gasteiger partial charge on any atom is -0.482 e. The molecular weight excluding hydrogens is 236 g/mol. The highest BCUT2D eigenvalue weighted by Crippen LogP contribution is 2.17. The molecule has 1 unspecified atom stereocenters. The van der Waals surface area contributed by atoms with Gasteiger partial charge in [0.25, 0.3) is 5.91 Å². The molecule has 0 bridgehead atoms. The predicted molar refractivity (Wildman–Crippen MR) is 62.1 cm³/mol. The summed E-state index contributed by atoms with van der Waals surface area (Å²) in [6.07, 6.45) is 4.34. The second-order valence-corrected chi connectivity index (χ2v) is 4.06. The Balaban J connectivity index is 1.90. The summed E-state index contributed by atoms with van der Waals surface area (Å²) in [4.78, 5) is 28.0. The molecule has 0 aromatic carbocycles. The number of nitrogens with zero attached hydrogens (tertiary/aromatic N) is 2. The first-order chi connectivity index (χ1) is 8.68. The summed E-state index contributed by atoms with van der Waals surface area (Å²) in [6.45, 7) is 0.321. The van der Waals surface area contributed by atoms with Crippen LogP contribution < -0.4 is 4.74 Å². The van der Waals surface area contributed by atoms with Crippen LogP contribution in [0, 0.1) is 0 Å². The van der Waals surface area contributed by atoms with Crippen LogP contribution in [0.3, 0.4) is 0 Å². The van der Waals surface area contributed by atoms with Gasteiger partial charge in [-0.25, -0.2) is 4.79 Å². The zero-order valence-corrected chi connectivity index (χ0v) is 9.78. The zero-order valence-electron chi connectivity index (χ0n) is 9.78. The molecule has 1 amide bonds. The van der Waals surface area contributed by atoms with Crippen molar-refractivity contribution in [3.05, 3.63) is 24.5 Å². The third-order valence-corrected chi connectivity index (χ3v) is 2.85. The monoisotopic (exact) mass is 250 g/mol. The lowest BCUT2D eigenvalue weighted by molar-refractivity contribution is -0.148. The summed E-state index contributed by atoms with van der Waals surface area (Å²) in [6, 6.07) is 2.68. The first-order valence-corrected chi connectivity index (χ1v) is 5.73. The fourth-order valence-corrected chi connectivity index (χ4v) is 1.98. The number of pyridine rings is 1. The number of hydrogen-bond donors (Lipinski definition) is 1. The molecule has 1 atom stereocenters. The third-order valence-electron chi connectivity index (χ3n) is 2.85. The van der Waals surface area contributed by atoms with E-state index in [2.05, 4.69) is 4.98 Å². The predicted octanol–water partition coefficient (Wildman–Crippen LogP) is 0.536. The van der Waals surface area contributed by atoms with Crippen LogP contribution in [0.1, 0.15) is 12.8 Å². The summed E-state index contributed by atoms with van der Waals surface area (Å²) in [5.41, 5.74) is 0. The first kappa shape index (κ1) is 12.3. The van der Waals surface area contributed by atoms with Gasteiger partial charge >= 0.3 is 5.97 Å². The van der Waals surface area contributed by atoms with Crippen molar-refractivity contribution < 1.29 is 19.4 Å². The van der Waals surface area contributed by atoms with E-state index in [1.165, 1.54) is 11.1 Å². The molecule has 1 aromatic heterocycles. The third kappa shape index (κ3) is 2.77. The lowest BCUT2D eigenvalue weighted by Crippen LogP contribution is -2.42. The molecule has 6 nitrogen and oxygen atoms in total. The first-order valence-electron chi connectivity index (χ1n) is 5.73. The van der Waals surface area contributed by atoms with Gasteiger partial charge in [-0.2, -0.15) is 0 Å². The van der Waals surface area contributed by atoms with E-state index in [1.54, 1.807) is 18.3 Å². The molecule has 2 rings (SSSR count). The summed E-state index contributed by atoms with van der Waals surface area (Å²) >= 11 is 0. The van der Waals surface area contributed by atoms with Crippen LogP contribution in [0.2, 0.25) is 0 Å². The molecule has 1 aliphatic rings. The van der Waals surface area contributed by atoms with Crippen molar-refractivity contribution in [2.75, 3.05) is 13.2 Å². The van der Waals surface area contributed by atoms with E-state index < -0.39 is 12.0 Å². The molecule has 1 aromatic rings. The van der Waals surface area contributed by atoms with Gasteiger partial charge in [-0.1, -0.05) is 0 Å². The Bertz CT molecular complexity index is 435. The zero-order chi connectivity index (χ0) is 13.0. The molecule has 1 aliphatic heterocycles. The molecule has 1 N–H and O–H groups in total. The van der Waals surface area contributed by atoms with Gasteiger partial charge in [0.15, 0.2) is 6.61 Å². The largest absolute Gasteiger partial charge is 0.482 e. The molecule has 96 valence electrons. The number of carbonyl (C=O) groups is 2. The van der Waals surface area contributed by atoms with E-state index in [4.69, 9.17) is 9.84 Å². The number of hydrogen-bond acceptors (Lipinski definition) is 4. The number of aliphatic carboxylic acids is 1. The number of likely N-dealkylation sites (tertiary alicyclic amines) is 1. The van der Waals surface area contributed by atoms with E-state index in [0.717, 1.165) is 6.42 Å². The number of aromatic nitrogens is 1. The van der Waals surface area contributed by atoms with Crippen LogP contribution in [-0.4, -0.2) is 46.1 Å². The maximum Gasteiger partial charge on any atom is 0.326 e. The highest BCUT2D eigenvalue weighted by molar-refractivity contribution is 5.85. The second-order valence-electron chi connectivity index (χ2n) is 4.06. The Morgan fingerprint density at radius 3 is 3.06 bits per heavy atom. The maximum atomic E-state index is 11.9. The lowest BCUT2D eigenvalue weighted by atomic mass is 10.2. The van der Waals surface area contributed by atoms with Crippen LogP contribution >= 0.6 is 0 Å². The van der Waals surface area contributed by atoms with Crippen molar-refractivity contribution in [1.29, 1.82) is 0 Å². The SMILES string of the molecule is O=C(O)C1CCCN1C(=O)COc1cccnc1. The molecule has 0 spiro atoms. The molecular formula is C12H14N2O4.